The molecule has 1 saturated heterocycles. The molecular weight excluding hydrogens is 456 g/mol. The van der Waals surface area contributed by atoms with Crippen molar-refractivity contribution in [2.24, 2.45) is 0 Å². The highest BCUT2D eigenvalue weighted by molar-refractivity contribution is 7.80. The van der Waals surface area contributed by atoms with Crippen LogP contribution < -0.4 is 20.3 Å². The van der Waals surface area contributed by atoms with E-state index in [-0.39, 0.29) is 28.8 Å². The summed E-state index contributed by atoms with van der Waals surface area (Å²) < 4.78 is 23.0. The van der Waals surface area contributed by atoms with Crippen LogP contribution in [0.5, 0.6) is 11.5 Å². The summed E-state index contributed by atoms with van der Waals surface area (Å²) in [5.41, 5.74) is 3.26. The quantitative estimate of drug-likeness (QED) is 0.306. The molecule has 0 saturated carbocycles. The molecule has 2 heterocycles. The summed E-state index contributed by atoms with van der Waals surface area (Å²) in [6.45, 7) is 3.70. The van der Waals surface area contributed by atoms with E-state index in [1.54, 1.807) is 30.3 Å². The van der Waals surface area contributed by atoms with Crippen molar-refractivity contribution in [1.82, 2.24) is 10.8 Å². The average molecular weight is 485 g/mol. The van der Waals surface area contributed by atoms with E-state index >= 15 is 0 Å². The second-order valence-corrected chi connectivity index (χ2v) is 8.50. The van der Waals surface area contributed by atoms with Crippen molar-refractivity contribution in [2.45, 2.75) is 38.3 Å². The van der Waals surface area contributed by atoms with Crippen LogP contribution in [0.4, 0.5) is 0 Å². The highest BCUT2D eigenvalue weighted by atomic mass is 32.1. The van der Waals surface area contributed by atoms with Crippen LogP contribution in [0.15, 0.2) is 52.9 Å². The molecule has 8 nitrogen and oxygen atoms in total. The lowest BCUT2D eigenvalue weighted by Crippen LogP contribution is -2.38. The zero-order valence-corrected chi connectivity index (χ0v) is 19.7. The molecule has 9 heteroatoms. The van der Waals surface area contributed by atoms with Crippen LogP contribution in [0.1, 0.15) is 42.3 Å². The Labute approximate surface area is 203 Å². The highest BCUT2D eigenvalue weighted by Crippen LogP contribution is 2.26. The number of carbonyl (C=O) groups excluding carboxylic acids is 1. The molecule has 0 aliphatic carbocycles. The van der Waals surface area contributed by atoms with Gasteiger partial charge in [0.1, 0.15) is 34.8 Å². The molecule has 2 aromatic carbocycles. The van der Waals surface area contributed by atoms with Gasteiger partial charge in [-0.25, -0.2) is 0 Å². The number of amides is 1. The van der Waals surface area contributed by atoms with Gasteiger partial charge in [0.05, 0.1) is 19.3 Å². The fraction of sp³-hybridized carbons (Fsp3) is 0.360. The van der Waals surface area contributed by atoms with E-state index < -0.39 is 0 Å². The molecule has 3 N–H and O–H groups in total. The van der Waals surface area contributed by atoms with Crippen molar-refractivity contribution >= 4 is 34.1 Å². The second kappa shape index (κ2) is 11.3. The molecule has 0 bridgehead atoms. The number of hydroxylamine groups is 1. The Morgan fingerprint density at radius 2 is 1.88 bits per heavy atom. The summed E-state index contributed by atoms with van der Waals surface area (Å²) in [5.74, 6) is 1.34. The Morgan fingerprint density at radius 1 is 1.15 bits per heavy atom. The highest BCUT2D eigenvalue weighted by Gasteiger charge is 2.19. The third-order valence-corrected chi connectivity index (χ3v) is 6.01. The molecule has 3 aromatic rings. The van der Waals surface area contributed by atoms with Gasteiger partial charge in [-0.15, -0.1) is 0 Å². The number of benzene rings is 2. The zero-order chi connectivity index (χ0) is 23.9. The summed E-state index contributed by atoms with van der Waals surface area (Å²) in [4.78, 5) is 13.0. The van der Waals surface area contributed by atoms with Crippen LogP contribution in [0, 0.1) is 0 Å². The Bertz CT molecular complexity index is 1120. The molecule has 1 aromatic heterocycles. The lowest BCUT2D eigenvalue weighted by Gasteiger charge is -2.23. The van der Waals surface area contributed by atoms with Gasteiger partial charge in [0.25, 0.3) is 5.91 Å². The van der Waals surface area contributed by atoms with E-state index in [9.17, 15) is 4.79 Å². The smallest absolute Gasteiger partial charge is 0.287 e. The topological polar surface area (TPSA) is 102 Å². The second-order valence-electron chi connectivity index (χ2n) is 8.09. The first-order chi connectivity index (χ1) is 16.6. The zero-order valence-electron chi connectivity index (χ0n) is 18.9. The van der Waals surface area contributed by atoms with Gasteiger partial charge in [-0.05, 0) is 55.0 Å². The van der Waals surface area contributed by atoms with Gasteiger partial charge in [0.2, 0.25) is 0 Å². The Morgan fingerprint density at radius 3 is 2.59 bits per heavy atom. The monoisotopic (exact) mass is 484 g/mol. The van der Waals surface area contributed by atoms with Crippen molar-refractivity contribution in [3.8, 4) is 11.5 Å². The molecule has 0 spiro atoms. The van der Waals surface area contributed by atoms with Crippen LogP contribution in [0.2, 0.25) is 0 Å². The third-order valence-electron chi connectivity index (χ3n) is 5.68. The first-order valence-electron chi connectivity index (χ1n) is 11.3. The molecule has 1 amide bonds. The maximum absolute atomic E-state index is 12.8. The number of hydrogen-bond acceptors (Lipinski definition) is 7. The molecule has 34 heavy (non-hydrogen) atoms. The van der Waals surface area contributed by atoms with Crippen LogP contribution in [-0.4, -0.2) is 48.1 Å². The summed E-state index contributed by atoms with van der Waals surface area (Å²) in [6.07, 6.45) is 2.57. The number of hydrogen-bond donors (Lipinski definition) is 3. The van der Waals surface area contributed by atoms with Gasteiger partial charge in [-0.3, -0.25) is 15.5 Å². The minimum atomic E-state index is -0.298. The van der Waals surface area contributed by atoms with E-state index in [1.807, 2.05) is 30.6 Å². The van der Waals surface area contributed by atoms with E-state index in [0.717, 1.165) is 24.0 Å². The number of rotatable bonds is 9. The SMILES string of the molecule is CC[C@@H](COc1ccc(C(=S)NO)cc1)NC(=O)c1cc2cc(OC3CCOCC3)ccc2o1. The lowest BCUT2D eigenvalue weighted by molar-refractivity contribution is 0.0256. The fourth-order valence-corrected chi connectivity index (χ4v) is 3.81. The van der Waals surface area contributed by atoms with Gasteiger partial charge in [-0.1, -0.05) is 19.1 Å². The lowest BCUT2D eigenvalue weighted by atomic mass is 10.1. The Kier molecular flexibility index (Phi) is 7.99. The number of furan rings is 1. The third kappa shape index (κ3) is 6.05. The molecule has 1 fully saturated rings. The molecular formula is C25H28N2O6S. The molecule has 180 valence electrons. The maximum Gasteiger partial charge on any atom is 0.287 e. The van der Waals surface area contributed by atoms with Crippen LogP contribution in [0.3, 0.4) is 0 Å². The predicted octanol–water partition coefficient (Wildman–Crippen LogP) is 4.23. The first-order valence-corrected chi connectivity index (χ1v) is 11.7. The van der Waals surface area contributed by atoms with Gasteiger partial charge in [-0.2, -0.15) is 0 Å². The normalized spacial score (nSPS) is 15.0. The minimum absolute atomic E-state index is 0.144. The number of fused-ring (bicyclic) bond motifs is 1. The van der Waals surface area contributed by atoms with Gasteiger partial charge < -0.3 is 23.9 Å². The number of thiocarbonyl (C=S) groups is 1. The molecule has 0 radical (unpaired) electrons. The average Bonchev–Trinajstić information content (AvgIpc) is 3.30. The molecule has 1 aliphatic heterocycles. The number of ether oxygens (including phenoxy) is 3. The van der Waals surface area contributed by atoms with Crippen LogP contribution >= 0.6 is 12.2 Å². The van der Waals surface area contributed by atoms with Crippen molar-refractivity contribution in [3.63, 3.8) is 0 Å². The predicted molar refractivity (Wildman–Crippen MR) is 131 cm³/mol. The Balaban J connectivity index is 1.34. The van der Waals surface area contributed by atoms with Crippen molar-refractivity contribution < 1.29 is 28.6 Å². The van der Waals surface area contributed by atoms with Crippen molar-refractivity contribution in [3.05, 3.63) is 59.9 Å². The maximum atomic E-state index is 12.8. The van der Waals surface area contributed by atoms with Gasteiger partial charge >= 0.3 is 0 Å². The van der Waals surface area contributed by atoms with E-state index in [2.05, 4.69) is 5.32 Å². The number of nitrogens with one attached hydrogen (secondary N) is 2. The molecule has 1 atom stereocenters. The Hall–Kier alpha value is -3.14. The molecule has 0 unspecified atom stereocenters. The van der Waals surface area contributed by atoms with Crippen molar-refractivity contribution in [1.29, 1.82) is 0 Å². The van der Waals surface area contributed by atoms with E-state index in [1.165, 1.54) is 0 Å². The largest absolute Gasteiger partial charge is 0.491 e. The molecule has 1 aliphatic rings. The molecule has 4 rings (SSSR count). The van der Waals surface area contributed by atoms with E-state index in [4.69, 9.17) is 36.1 Å². The minimum Gasteiger partial charge on any atom is -0.491 e. The van der Waals surface area contributed by atoms with Gasteiger partial charge in [0.15, 0.2) is 5.76 Å². The standard InChI is InChI=1S/C25H28N2O6S/c1-2-18(15-31-19-5-3-16(4-6-19)25(34)27-29)26-24(28)23-14-17-13-21(7-8-22(17)33-23)32-20-9-11-30-12-10-20/h3-8,13-14,18,20,29H,2,9-12,15H2,1H3,(H,26,28)(H,27,34)/t18-/m0/s1. The van der Waals surface area contributed by atoms with Crippen LogP contribution in [-0.2, 0) is 4.74 Å². The van der Waals surface area contributed by atoms with Crippen LogP contribution in [0.25, 0.3) is 11.0 Å². The van der Waals surface area contributed by atoms with Gasteiger partial charge in [0, 0.05) is 23.8 Å². The summed E-state index contributed by atoms with van der Waals surface area (Å²) in [6, 6.07) is 14.1. The number of carbonyl (C=O) groups is 1. The van der Waals surface area contributed by atoms with Crippen molar-refractivity contribution in [2.75, 3.05) is 19.8 Å². The summed E-state index contributed by atoms with van der Waals surface area (Å²) >= 11 is 4.98. The summed E-state index contributed by atoms with van der Waals surface area (Å²) in [7, 11) is 0. The summed E-state index contributed by atoms with van der Waals surface area (Å²) in [5, 5.41) is 12.7. The fourth-order valence-electron chi connectivity index (χ4n) is 3.67. The van der Waals surface area contributed by atoms with E-state index in [0.29, 0.717) is 43.1 Å². The first kappa shape index (κ1) is 24.0.